The van der Waals surface area contributed by atoms with E-state index in [1.165, 1.54) is 6.92 Å². The highest BCUT2D eigenvalue weighted by Crippen LogP contribution is 2.31. The Bertz CT molecular complexity index is 848. The van der Waals surface area contributed by atoms with E-state index < -0.39 is 11.6 Å². The molecule has 3 rings (SSSR count). The number of nitrogens with zero attached hydrogens (tertiary/aromatic N) is 1. The Morgan fingerprint density at radius 3 is 2.43 bits per heavy atom. The molecule has 0 aliphatic carbocycles. The van der Waals surface area contributed by atoms with Crippen molar-refractivity contribution in [1.29, 1.82) is 0 Å². The predicted molar refractivity (Wildman–Crippen MR) is 108 cm³/mol. The van der Waals surface area contributed by atoms with E-state index in [-0.39, 0.29) is 22.5 Å². The van der Waals surface area contributed by atoms with Crippen molar-refractivity contribution in [2.24, 2.45) is 5.92 Å². The lowest BCUT2D eigenvalue weighted by molar-refractivity contribution is -0.114. The maximum atomic E-state index is 14.1. The number of carbonyl (C=O) groups excluding carboxylic acids is 1. The van der Waals surface area contributed by atoms with Gasteiger partial charge in [-0.15, -0.1) is 0 Å². The third-order valence-corrected chi connectivity index (χ3v) is 5.19. The van der Waals surface area contributed by atoms with Gasteiger partial charge in [-0.3, -0.25) is 4.79 Å². The number of nitrogens with one attached hydrogen (secondary N) is 1. The molecule has 1 fully saturated rings. The van der Waals surface area contributed by atoms with E-state index in [0.717, 1.165) is 25.0 Å². The predicted octanol–water partition coefficient (Wildman–Crippen LogP) is 5.53. The van der Waals surface area contributed by atoms with E-state index in [0.29, 0.717) is 36.2 Å². The average Bonchev–Trinajstić information content (AvgIpc) is 2.62. The number of benzene rings is 2. The first-order chi connectivity index (χ1) is 13.3. The molecule has 0 spiro atoms. The molecule has 8 heteroatoms. The van der Waals surface area contributed by atoms with Crippen LogP contribution in [0.25, 0.3) is 0 Å². The molecule has 1 heterocycles. The minimum absolute atomic E-state index is 0.0265. The van der Waals surface area contributed by atoms with Gasteiger partial charge >= 0.3 is 0 Å². The summed E-state index contributed by atoms with van der Waals surface area (Å²) in [5.74, 6) is -0.647. The third-order valence-electron chi connectivity index (χ3n) is 4.65. The Morgan fingerprint density at radius 1 is 1.18 bits per heavy atom. The number of amides is 1. The zero-order valence-corrected chi connectivity index (χ0v) is 16.8. The van der Waals surface area contributed by atoms with Crippen LogP contribution >= 0.6 is 23.2 Å². The number of carbonyl (C=O) groups is 1. The smallest absolute Gasteiger partial charge is 0.221 e. The zero-order valence-electron chi connectivity index (χ0n) is 15.3. The highest BCUT2D eigenvalue weighted by atomic mass is 35.5. The standard InChI is InChI=1S/C20H20Cl2F2N2O2/c1-12(27)25-19-10-15(2-3-16(19)22)28-11-13-4-6-26(7-5-13)20-17(23)8-14(21)9-18(20)24/h2-3,8-10,13H,4-7,11H2,1H3,(H,25,27). The highest BCUT2D eigenvalue weighted by molar-refractivity contribution is 6.33. The normalized spacial score (nSPS) is 14.8. The second-order valence-electron chi connectivity index (χ2n) is 6.78. The van der Waals surface area contributed by atoms with Gasteiger partial charge in [0.15, 0.2) is 11.6 Å². The third kappa shape index (κ3) is 5.06. The van der Waals surface area contributed by atoms with Gasteiger partial charge < -0.3 is 15.0 Å². The van der Waals surface area contributed by atoms with Gasteiger partial charge in [-0.1, -0.05) is 23.2 Å². The quantitative estimate of drug-likeness (QED) is 0.680. The van der Waals surface area contributed by atoms with Gasteiger partial charge in [-0.2, -0.15) is 0 Å². The monoisotopic (exact) mass is 428 g/mol. The molecule has 0 saturated carbocycles. The van der Waals surface area contributed by atoms with Crippen LogP contribution in [0.4, 0.5) is 20.2 Å². The molecular weight excluding hydrogens is 409 g/mol. The van der Waals surface area contributed by atoms with Crippen LogP contribution in [0.5, 0.6) is 5.75 Å². The molecule has 1 amide bonds. The maximum absolute atomic E-state index is 14.1. The van der Waals surface area contributed by atoms with Crippen LogP contribution in [0.3, 0.4) is 0 Å². The summed E-state index contributed by atoms with van der Waals surface area (Å²) in [5, 5.41) is 3.13. The number of ether oxygens (including phenoxy) is 1. The molecule has 28 heavy (non-hydrogen) atoms. The van der Waals surface area contributed by atoms with Gasteiger partial charge in [0.25, 0.3) is 0 Å². The SMILES string of the molecule is CC(=O)Nc1cc(OCC2CCN(c3c(F)cc(Cl)cc3F)CC2)ccc1Cl. The number of rotatable bonds is 5. The number of anilines is 2. The van der Waals surface area contributed by atoms with Gasteiger partial charge in [0.1, 0.15) is 11.4 Å². The molecule has 1 saturated heterocycles. The van der Waals surface area contributed by atoms with Crippen molar-refractivity contribution < 1.29 is 18.3 Å². The van der Waals surface area contributed by atoms with Crippen LogP contribution in [-0.2, 0) is 4.79 Å². The first-order valence-electron chi connectivity index (χ1n) is 8.93. The van der Waals surface area contributed by atoms with Crippen molar-refractivity contribution >= 4 is 40.5 Å². The molecule has 0 atom stereocenters. The molecule has 1 aliphatic heterocycles. The molecule has 2 aromatic carbocycles. The fourth-order valence-corrected chi connectivity index (χ4v) is 3.61. The van der Waals surface area contributed by atoms with Crippen LogP contribution < -0.4 is 15.0 Å². The average molecular weight is 429 g/mol. The van der Waals surface area contributed by atoms with Crippen molar-refractivity contribution in [3.8, 4) is 5.75 Å². The first-order valence-corrected chi connectivity index (χ1v) is 9.68. The Hall–Kier alpha value is -2.05. The number of hydrogen-bond donors (Lipinski definition) is 1. The fourth-order valence-electron chi connectivity index (χ4n) is 3.25. The molecule has 4 nitrogen and oxygen atoms in total. The van der Waals surface area contributed by atoms with Gasteiger partial charge in [0.05, 0.1) is 17.3 Å². The van der Waals surface area contributed by atoms with Crippen molar-refractivity contribution in [3.63, 3.8) is 0 Å². The van der Waals surface area contributed by atoms with Gasteiger partial charge in [-0.25, -0.2) is 8.78 Å². The van der Waals surface area contributed by atoms with Crippen molar-refractivity contribution in [2.75, 3.05) is 29.9 Å². The fraction of sp³-hybridized carbons (Fsp3) is 0.350. The summed E-state index contributed by atoms with van der Waals surface area (Å²) in [7, 11) is 0. The summed E-state index contributed by atoms with van der Waals surface area (Å²) in [4.78, 5) is 12.9. The molecule has 1 aliphatic rings. The number of halogens is 4. The van der Waals surface area contributed by atoms with E-state index in [2.05, 4.69) is 5.32 Å². The number of piperidine rings is 1. The van der Waals surface area contributed by atoms with Gasteiger partial charge in [0, 0.05) is 31.1 Å². The maximum Gasteiger partial charge on any atom is 0.221 e. The molecule has 0 bridgehead atoms. The van der Waals surface area contributed by atoms with E-state index in [1.807, 2.05) is 0 Å². The van der Waals surface area contributed by atoms with Crippen molar-refractivity contribution in [2.45, 2.75) is 19.8 Å². The van der Waals surface area contributed by atoms with Crippen LogP contribution in [0.1, 0.15) is 19.8 Å². The molecular formula is C20H20Cl2F2N2O2. The van der Waals surface area contributed by atoms with Crippen LogP contribution in [0, 0.1) is 17.6 Å². The Labute approximate surface area is 172 Å². The summed E-state index contributed by atoms with van der Waals surface area (Å²) < 4.78 is 34.0. The molecule has 0 aromatic heterocycles. The minimum Gasteiger partial charge on any atom is -0.493 e. The summed E-state index contributed by atoms with van der Waals surface area (Å²) in [6.07, 6.45) is 1.49. The Kier molecular flexibility index (Phi) is 6.62. The summed E-state index contributed by atoms with van der Waals surface area (Å²) in [6, 6.07) is 7.33. The molecule has 2 aromatic rings. The summed E-state index contributed by atoms with van der Waals surface area (Å²) in [5.41, 5.74) is 0.469. The van der Waals surface area contributed by atoms with E-state index in [9.17, 15) is 13.6 Å². The number of hydrogen-bond acceptors (Lipinski definition) is 3. The van der Waals surface area contributed by atoms with Crippen molar-refractivity contribution in [3.05, 3.63) is 52.0 Å². The lowest BCUT2D eigenvalue weighted by Crippen LogP contribution is -2.36. The van der Waals surface area contributed by atoms with Gasteiger partial charge in [-0.05, 0) is 43.0 Å². The van der Waals surface area contributed by atoms with E-state index in [1.54, 1.807) is 23.1 Å². The van der Waals surface area contributed by atoms with Crippen LogP contribution in [0.2, 0.25) is 10.0 Å². The second-order valence-corrected chi connectivity index (χ2v) is 7.63. The van der Waals surface area contributed by atoms with Crippen LogP contribution in [0.15, 0.2) is 30.3 Å². The Balaban J connectivity index is 1.56. The highest BCUT2D eigenvalue weighted by Gasteiger charge is 2.24. The summed E-state index contributed by atoms with van der Waals surface area (Å²) in [6.45, 7) is 2.94. The molecule has 0 radical (unpaired) electrons. The van der Waals surface area contributed by atoms with Crippen molar-refractivity contribution in [1.82, 2.24) is 0 Å². The van der Waals surface area contributed by atoms with Crippen LogP contribution in [-0.4, -0.2) is 25.6 Å². The molecule has 0 unspecified atom stereocenters. The zero-order chi connectivity index (χ0) is 20.3. The van der Waals surface area contributed by atoms with E-state index in [4.69, 9.17) is 27.9 Å². The molecule has 150 valence electrons. The Morgan fingerprint density at radius 2 is 1.82 bits per heavy atom. The topological polar surface area (TPSA) is 41.6 Å². The lowest BCUT2D eigenvalue weighted by atomic mass is 9.97. The lowest BCUT2D eigenvalue weighted by Gasteiger charge is -2.33. The largest absolute Gasteiger partial charge is 0.493 e. The minimum atomic E-state index is -0.647. The summed E-state index contributed by atoms with van der Waals surface area (Å²) >= 11 is 11.7. The second kappa shape index (κ2) is 8.97. The first kappa shape index (κ1) is 20.7. The van der Waals surface area contributed by atoms with Gasteiger partial charge in [0.2, 0.25) is 5.91 Å². The molecule has 1 N–H and O–H groups in total. The van der Waals surface area contributed by atoms with E-state index >= 15 is 0 Å².